The summed E-state index contributed by atoms with van der Waals surface area (Å²) >= 11 is 0. The molecule has 2 N–H and O–H groups in total. The molecule has 1 amide bonds. The lowest BCUT2D eigenvalue weighted by atomic mass is 9.78. The maximum Gasteiger partial charge on any atom is 0.387 e. The molecule has 1 heterocycles. The largest absolute Gasteiger partial charge is 0.435 e. The first kappa shape index (κ1) is 17.6. The van der Waals surface area contributed by atoms with Crippen LogP contribution in [0.15, 0.2) is 24.3 Å². The number of carbonyl (C=O) groups excluding carboxylic acids is 1. The number of hydrogen-bond donors (Lipinski definition) is 2. The minimum Gasteiger partial charge on any atom is -0.435 e. The third-order valence-corrected chi connectivity index (χ3v) is 4.06. The number of methoxy groups -OCH3 is 1. The second-order valence-electron chi connectivity index (χ2n) is 5.67. The predicted molar refractivity (Wildman–Crippen MR) is 81.3 cm³/mol. The van der Waals surface area contributed by atoms with Crippen molar-refractivity contribution in [3.05, 3.63) is 29.8 Å². The molecule has 23 heavy (non-hydrogen) atoms. The van der Waals surface area contributed by atoms with E-state index >= 15 is 0 Å². The zero-order chi connectivity index (χ0) is 16.7. The van der Waals surface area contributed by atoms with Gasteiger partial charge in [-0.3, -0.25) is 4.79 Å². The van der Waals surface area contributed by atoms with Gasteiger partial charge in [-0.2, -0.15) is 8.78 Å². The van der Waals surface area contributed by atoms with Crippen LogP contribution in [0, 0.1) is 5.41 Å². The van der Waals surface area contributed by atoms with Crippen LogP contribution in [0.1, 0.15) is 18.4 Å². The van der Waals surface area contributed by atoms with E-state index in [2.05, 4.69) is 15.4 Å². The number of piperidine rings is 1. The molecular formula is C16H22F2N2O3. The third-order valence-electron chi connectivity index (χ3n) is 4.06. The van der Waals surface area contributed by atoms with Crippen molar-refractivity contribution in [2.24, 2.45) is 5.41 Å². The van der Waals surface area contributed by atoms with Gasteiger partial charge in [-0.15, -0.1) is 0 Å². The minimum atomic E-state index is -2.84. The molecule has 1 aliphatic rings. The van der Waals surface area contributed by atoms with Crippen molar-refractivity contribution in [2.75, 3.05) is 26.8 Å². The van der Waals surface area contributed by atoms with E-state index in [9.17, 15) is 13.6 Å². The molecule has 0 unspecified atom stereocenters. The lowest BCUT2D eigenvalue weighted by molar-refractivity contribution is -0.136. The molecule has 1 aliphatic heterocycles. The van der Waals surface area contributed by atoms with Gasteiger partial charge in [-0.05, 0) is 43.6 Å². The van der Waals surface area contributed by atoms with Crippen LogP contribution in [-0.4, -0.2) is 39.3 Å². The Labute approximate surface area is 134 Å². The summed E-state index contributed by atoms with van der Waals surface area (Å²) in [6.07, 6.45) is 1.46. The monoisotopic (exact) mass is 328 g/mol. The first-order valence-electron chi connectivity index (χ1n) is 7.57. The molecular weight excluding hydrogens is 306 g/mol. The maximum atomic E-state index is 12.6. The molecule has 0 bridgehead atoms. The van der Waals surface area contributed by atoms with Crippen molar-refractivity contribution >= 4 is 5.91 Å². The highest BCUT2D eigenvalue weighted by Crippen LogP contribution is 2.29. The van der Waals surface area contributed by atoms with Gasteiger partial charge in [0.25, 0.3) is 0 Å². The molecule has 0 saturated carbocycles. The van der Waals surface area contributed by atoms with Gasteiger partial charge >= 0.3 is 6.61 Å². The fraction of sp³-hybridized carbons (Fsp3) is 0.562. The quantitative estimate of drug-likeness (QED) is 0.803. The van der Waals surface area contributed by atoms with E-state index in [-0.39, 0.29) is 11.7 Å². The van der Waals surface area contributed by atoms with E-state index in [1.165, 1.54) is 12.1 Å². The Kier molecular flexibility index (Phi) is 6.29. The van der Waals surface area contributed by atoms with Crippen molar-refractivity contribution in [3.8, 4) is 5.75 Å². The first-order valence-corrected chi connectivity index (χ1v) is 7.57. The summed E-state index contributed by atoms with van der Waals surface area (Å²) < 4.78 is 33.7. The summed E-state index contributed by atoms with van der Waals surface area (Å²) in [7, 11) is 1.60. The van der Waals surface area contributed by atoms with Crippen molar-refractivity contribution in [3.63, 3.8) is 0 Å². The molecule has 1 saturated heterocycles. The highest BCUT2D eigenvalue weighted by molar-refractivity contribution is 5.83. The van der Waals surface area contributed by atoms with Crippen LogP contribution in [0.25, 0.3) is 0 Å². The number of halogens is 2. The second-order valence-corrected chi connectivity index (χ2v) is 5.67. The molecule has 1 aromatic carbocycles. The zero-order valence-electron chi connectivity index (χ0n) is 13.1. The van der Waals surface area contributed by atoms with Gasteiger partial charge in [-0.1, -0.05) is 12.1 Å². The number of rotatable bonds is 7. The van der Waals surface area contributed by atoms with Crippen LogP contribution in [0.2, 0.25) is 0 Å². The van der Waals surface area contributed by atoms with Crippen LogP contribution in [-0.2, 0) is 16.1 Å². The summed E-state index contributed by atoms with van der Waals surface area (Å²) in [5.74, 6) is 0.0676. The Morgan fingerprint density at radius 2 is 1.96 bits per heavy atom. The van der Waals surface area contributed by atoms with Crippen molar-refractivity contribution in [2.45, 2.75) is 26.0 Å². The summed E-state index contributed by atoms with van der Waals surface area (Å²) in [5.41, 5.74) is 0.320. The minimum absolute atomic E-state index is 0.0336. The predicted octanol–water partition coefficient (Wildman–Crippen LogP) is 1.92. The normalized spacial score (nSPS) is 17.0. The Morgan fingerprint density at radius 3 is 2.52 bits per heavy atom. The van der Waals surface area contributed by atoms with E-state index in [4.69, 9.17) is 4.74 Å². The van der Waals surface area contributed by atoms with Crippen LogP contribution in [0.4, 0.5) is 8.78 Å². The van der Waals surface area contributed by atoms with Gasteiger partial charge in [0.1, 0.15) is 5.75 Å². The number of carbonyl (C=O) groups is 1. The van der Waals surface area contributed by atoms with Gasteiger partial charge in [0, 0.05) is 13.7 Å². The highest BCUT2D eigenvalue weighted by Gasteiger charge is 2.39. The van der Waals surface area contributed by atoms with Crippen molar-refractivity contribution < 1.29 is 23.0 Å². The molecule has 5 nitrogen and oxygen atoms in total. The van der Waals surface area contributed by atoms with E-state index in [0.717, 1.165) is 31.5 Å². The Balaban J connectivity index is 1.92. The van der Waals surface area contributed by atoms with Crippen LogP contribution >= 0.6 is 0 Å². The van der Waals surface area contributed by atoms with E-state index in [1.54, 1.807) is 19.2 Å². The fourth-order valence-corrected chi connectivity index (χ4v) is 2.78. The molecule has 0 atom stereocenters. The second kappa shape index (κ2) is 8.21. The topological polar surface area (TPSA) is 59.6 Å². The van der Waals surface area contributed by atoms with Crippen LogP contribution < -0.4 is 15.4 Å². The van der Waals surface area contributed by atoms with Gasteiger partial charge in [0.05, 0.1) is 12.0 Å². The molecule has 7 heteroatoms. The molecule has 1 aromatic rings. The van der Waals surface area contributed by atoms with Gasteiger partial charge in [0.15, 0.2) is 0 Å². The molecule has 0 aliphatic carbocycles. The molecule has 128 valence electrons. The summed E-state index contributed by atoms with van der Waals surface area (Å²) in [4.78, 5) is 12.6. The summed E-state index contributed by atoms with van der Waals surface area (Å²) in [6.45, 7) is -0.532. The fourth-order valence-electron chi connectivity index (χ4n) is 2.78. The third kappa shape index (κ3) is 4.87. The molecule has 1 fully saturated rings. The van der Waals surface area contributed by atoms with E-state index in [1.807, 2.05) is 0 Å². The molecule has 0 aromatic heterocycles. The number of hydrogen-bond acceptors (Lipinski definition) is 4. The van der Waals surface area contributed by atoms with Crippen molar-refractivity contribution in [1.82, 2.24) is 10.6 Å². The Hall–Kier alpha value is -1.73. The van der Waals surface area contributed by atoms with Gasteiger partial charge in [0.2, 0.25) is 5.91 Å². The summed E-state index contributed by atoms with van der Waals surface area (Å²) in [6, 6.07) is 6.24. The number of nitrogens with one attached hydrogen (secondary N) is 2. The first-order chi connectivity index (χ1) is 11.1. The van der Waals surface area contributed by atoms with Crippen LogP contribution in [0.5, 0.6) is 5.75 Å². The zero-order valence-corrected chi connectivity index (χ0v) is 13.1. The molecule has 0 radical (unpaired) electrons. The lowest BCUT2D eigenvalue weighted by Crippen LogP contribution is -2.49. The molecule has 0 spiro atoms. The van der Waals surface area contributed by atoms with E-state index < -0.39 is 12.0 Å². The highest BCUT2D eigenvalue weighted by atomic mass is 19.3. The average molecular weight is 328 g/mol. The molecule has 2 rings (SSSR count). The van der Waals surface area contributed by atoms with Gasteiger partial charge in [-0.25, -0.2) is 0 Å². The lowest BCUT2D eigenvalue weighted by Gasteiger charge is -2.35. The van der Waals surface area contributed by atoms with Crippen molar-refractivity contribution in [1.29, 1.82) is 0 Å². The number of alkyl halides is 2. The van der Waals surface area contributed by atoms with Crippen LogP contribution in [0.3, 0.4) is 0 Å². The number of benzene rings is 1. The standard InChI is InChI=1S/C16H22F2N2O3/c1-22-11-16(6-8-19-9-7-16)14(21)20-10-12-2-4-13(5-3-12)23-15(17)18/h2-5,15,19H,6-11H2,1H3,(H,20,21). The van der Waals surface area contributed by atoms with Gasteiger partial charge < -0.3 is 20.1 Å². The smallest absolute Gasteiger partial charge is 0.387 e. The average Bonchev–Trinajstić information content (AvgIpc) is 2.54. The SMILES string of the molecule is COCC1(C(=O)NCc2ccc(OC(F)F)cc2)CCNCC1. The summed E-state index contributed by atoms with van der Waals surface area (Å²) in [5, 5.41) is 6.16. The Bertz CT molecular complexity index is 497. The number of ether oxygens (including phenoxy) is 2. The Morgan fingerprint density at radius 1 is 1.30 bits per heavy atom. The van der Waals surface area contributed by atoms with E-state index in [0.29, 0.717) is 13.2 Å². The number of amides is 1. The maximum absolute atomic E-state index is 12.6.